The Kier molecular flexibility index (Phi) is 3.68. The maximum Gasteiger partial charge on any atom is 0.231 e. The van der Waals surface area contributed by atoms with E-state index in [0.717, 1.165) is 17.6 Å². The molecule has 3 aliphatic heterocycles. The van der Waals surface area contributed by atoms with Gasteiger partial charge < -0.3 is 19.5 Å². The largest absolute Gasteiger partial charge is 0.360 e. The average molecular weight is 380 g/mol. The molecule has 2 bridgehead atoms. The normalized spacial score (nSPS) is 30.6. The number of likely N-dealkylation sites (tertiary alicyclic amines) is 1. The van der Waals surface area contributed by atoms with Gasteiger partial charge in [0.25, 0.3) is 0 Å². The second-order valence-electron chi connectivity index (χ2n) is 8.18. The van der Waals surface area contributed by atoms with Crippen molar-refractivity contribution in [2.75, 3.05) is 11.9 Å². The molecule has 1 aromatic heterocycles. The van der Waals surface area contributed by atoms with Gasteiger partial charge in [0.2, 0.25) is 11.8 Å². The van der Waals surface area contributed by atoms with E-state index in [1.807, 2.05) is 49.1 Å². The summed E-state index contributed by atoms with van der Waals surface area (Å²) in [5.41, 5.74) is 1.90. The molecule has 7 nitrogen and oxygen atoms in total. The van der Waals surface area contributed by atoms with E-state index in [1.165, 1.54) is 0 Å². The number of aryl methyl sites for hydroxylation is 1. The number of aromatic nitrogens is 2. The van der Waals surface area contributed by atoms with Crippen LogP contribution in [0.2, 0.25) is 0 Å². The Hall–Kier alpha value is -2.67. The van der Waals surface area contributed by atoms with E-state index in [0.29, 0.717) is 12.2 Å². The molecule has 0 radical (unpaired) electrons. The fourth-order valence-corrected chi connectivity index (χ4v) is 4.88. The molecule has 4 heterocycles. The molecule has 28 heavy (non-hydrogen) atoms. The van der Waals surface area contributed by atoms with Gasteiger partial charge in [-0.1, -0.05) is 12.2 Å². The van der Waals surface area contributed by atoms with Gasteiger partial charge in [0, 0.05) is 18.3 Å². The van der Waals surface area contributed by atoms with E-state index < -0.39 is 17.4 Å². The van der Waals surface area contributed by atoms with Gasteiger partial charge in [0.15, 0.2) is 0 Å². The number of rotatable bonds is 4. The number of nitrogens with one attached hydrogen (secondary N) is 1. The molecule has 0 unspecified atom stereocenters. The Morgan fingerprint density at radius 1 is 1.43 bits per heavy atom. The summed E-state index contributed by atoms with van der Waals surface area (Å²) in [4.78, 5) is 32.4. The highest BCUT2D eigenvalue weighted by atomic mass is 16.5. The number of anilines is 1. The summed E-state index contributed by atoms with van der Waals surface area (Å²) in [6.45, 7) is 7.41. The fraction of sp³-hybridized carbons (Fsp3) is 0.476. The summed E-state index contributed by atoms with van der Waals surface area (Å²) >= 11 is 0. The molecule has 0 saturated carbocycles. The van der Waals surface area contributed by atoms with Gasteiger partial charge in [-0.3, -0.25) is 9.59 Å². The predicted octanol–water partition coefficient (Wildman–Crippen LogP) is 2.19. The van der Waals surface area contributed by atoms with Crippen molar-refractivity contribution in [3.05, 3.63) is 36.7 Å². The molecule has 3 aliphatic rings. The van der Waals surface area contributed by atoms with Gasteiger partial charge in [-0.2, -0.15) is 0 Å². The lowest BCUT2D eigenvalue weighted by Gasteiger charge is -2.24. The number of carbonyl (C=O) groups excluding carboxylic acids is 2. The summed E-state index contributed by atoms with van der Waals surface area (Å²) in [7, 11) is 0. The van der Waals surface area contributed by atoms with Crippen LogP contribution in [0.5, 0.6) is 0 Å². The maximum absolute atomic E-state index is 13.1. The maximum atomic E-state index is 13.1. The van der Waals surface area contributed by atoms with Crippen LogP contribution in [0, 0.1) is 11.8 Å². The third-order valence-corrected chi connectivity index (χ3v) is 6.28. The van der Waals surface area contributed by atoms with E-state index in [-0.39, 0.29) is 24.0 Å². The summed E-state index contributed by atoms with van der Waals surface area (Å²) < 4.78 is 8.20. The van der Waals surface area contributed by atoms with Crippen molar-refractivity contribution >= 4 is 28.5 Å². The number of hydrogen-bond acceptors (Lipinski definition) is 4. The van der Waals surface area contributed by atoms with Crippen LogP contribution < -0.4 is 5.32 Å². The van der Waals surface area contributed by atoms with Crippen LogP contribution in [0.15, 0.2) is 36.7 Å². The first-order valence-electron chi connectivity index (χ1n) is 9.87. The minimum Gasteiger partial charge on any atom is -0.360 e. The van der Waals surface area contributed by atoms with E-state index >= 15 is 0 Å². The highest BCUT2D eigenvalue weighted by molar-refractivity contribution is 6.00. The number of ether oxygens (including phenoxy) is 1. The second kappa shape index (κ2) is 5.91. The molecule has 146 valence electrons. The standard InChI is InChI=1S/C21H24N4O3/c1-4-24-11-22-14-9-13(5-6-15(14)24)23-19(26)17-16-7-8-21(28-16)10-25(12(2)3)20(27)18(17)21/h5-9,11-12,16-18H,4,10H2,1-3H3,(H,23,26)/t16-,17+,18+,21+/m1/s1. The molecule has 1 spiro atoms. The number of benzene rings is 1. The van der Waals surface area contributed by atoms with E-state index in [9.17, 15) is 9.59 Å². The first-order valence-corrected chi connectivity index (χ1v) is 9.87. The van der Waals surface area contributed by atoms with Gasteiger partial charge in [0.05, 0.1) is 41.8 Å². The zero-order valence-corrected chi connectivity index (χ0v) is 16.3. The Bertz CT molecular complexity index is 1010. The molecule has 2 amide bonds. The SMILES string of the molecule is CCn1cnc2cc(NC(=O)[C@@H]3[C@H]4C(=O)N(C(C)C)C[C@@]45C=C[C@H]3O5)ccc21. The molecule has 7 heteroatoms. The smallest absolute Gasteiger partial charge is 0.231 e. The van der Waals surface area contributed by atoms with Crippen molar-refractivity contribution in [2.24, 2.45) is 11.8 Å². The predicted molar refractivity (Wildman–Crippen MR) is 105 cm³/mol. The highest BCUT2D eigenvalue weighted by Gasteiger charge is 2.67. The number of nitrogens with zero attached hydrogens (tertiary/aromatic N) is 3. The summed E-state index contributed by atoms with van der Waals surface area (Å²) in [5.74, 6) is -1.12. The lowest BCUT2D eigenvalue weighted by Crippen LogP contribution is -2.42. The van der Waals surface area contributed by atoms with Crippen molar-refractivity contribution < 1.29 is 14.3 Å². The van der Waals surface area contributed by atoms with Crippen molar-refractivity contribution in [3.63, 3.8) is 0 Å². The third-order valence-electron chi connectivity index (χ3n) is 6.28. The molecule has 2 saturated heterocycles. The second-order valence-corrected chi connectivity index (χ2v) is 8.18. The van der Waals surface area contributed by atoms with Crippen molar-refractivity contribution in [2.45, 2.75) is 45.1 Å². The molecule has 2 aromatic rings. The number of imidazole rings is 1. The van der Waals surface area contributed by atoms with E-state index in [4.69, 9.17) is 4.74 Å². The lowest BCUT2D eigenvalue weighted by atomic mass is 9.77. The molecule has 1 aromatic carbocycles. The van der Waals surface area contributed by atoms with Crippen molar-refractivity contribution in [3.8, 4) is 0 Å². The van der Waals surface area contributed by atoms with Crippen LogP contribution >= 0.6 is 0 Å². The van der Waals surface area contributed by atoms with Gasteiger partial charge in [-0.15, -0.1) is 0 Å². The first-order chi connectivity index (χ1) is 13.4. The summed E-state index contributed by atoms with van der Waals surface area (Å²) in [6.07, 6.45) is 5.37. The highest BCUT2D eigenvalue weighted by Crippen LogP contribution is 2.52. The molecule has 4 atom stereocenters. The van der Waals surface area contributed by atoms with Gasteiger partial charge in [-0.25, -0.2) is 4.98 Å². The van der Waals surface area contributed by atoms with Crippen LogP contribution in [-0.4, -0.2) is 50.6 Å². The Morgan fingerprint density at radius 3 is 3.00 bits per heavy atom. The quantitative estimate of drug-likeness (QED) is 0.825. The Labute approximate surface area is 163 Å². The average Bonchev–Trinajstić information content (AvgIpc) is 3.40. The van der Waals surface area contributed by atoms with Gasteiger partial charge >= 0.3 is 0 Å². The van der Waals surface area contributed by atoms with E-state index in [2.05, 4.69) is 21.8 Å². The van der Waals surface area contributed by atoms with Crippen LogP contribution in [0.1, 0.15) is 20.8 Å². The number of fused-ring (bicyclic) bond motifs is 2. The monoisotopic (exact) mass is 380 g/mol. The molecule has 2 fully saturated rings. The van der Waals surface area contributed by atoms with Crippen molar-refractivity contribution in [1.82, 2.24) is 14.5 Å². The number of carbonyl (C=O) groups is 2. The Morgan fingerprint density at radius 2 is 2.25 bits per heavy atom. The minimum atomic E-state index is -0.655. The van der Waals surface area contributed by atoms with Crippen LogP contribution in [-0.2, 0) is 20.9 Å². The van der Waals surface area contributed by atoms with Crippen LogP contribution in [0.3, 0.4) is 0 Å². The van der Waals surface area contributed by atoms with E-state index in [1.54, 1.807) is 6.33 Å². The summed E-state index contributed by atoms with van der Waals surface area (Å²) in [6, 6.07) is 5.80. The first kappa shape index (κ1) is 17.4. The van der Waals surface area contributed by atoms with Crippen LogP contribution in [0.4, 0.5) is 5.69 Å². The van der Waals surface area contributed by atoms with Gasteiger partial charge in [-0.05, 0) is 39.0 Å². The minimum absolute atomic E-state index is 0.0131. The number of hydrogen-bond donors (Lipinski definition) is 1. The number of amides is 2. The summed E-state index contributed by atoms with van der Waals surface area (Å²) in [5, 5.41) is 2.99. The third kappa shape index (κ3) is 2.29. The van der Waals surface area contributed by atoms with Crippen molar-refractivity contribution in [1.29, 1.82) is 0 Å². The molecular weight excluding hydrogens is 356 g/mol. The zero-order chi connectivity index (χ0) is 19.6. The van der Waals surface area contributed by atoms with Crippen LogP contribution in [0.25, 0.3) is 11.0 Å². The topological polar surface area (TPSA) is 76.5 Å². The molecule has 5 rings (SSSR count). The lowest BCUT2D eigenvalue weighted by molar-refractivity contribution is -0.136. The molecule has 0 aliphatic carbocycles. The Balaban J connectivity index is 1.41. The molecule has 1 N–H and O–H groups in total. The zero-order valence-electron chi connectivity index (χ0n) is 16.3. The van der Waals surface area contributed by atoms with Gasteiger partial charge in [0.1, 0.15) is 5.60 Å². The fourth-order valence-electron chi connectivity index (χ4n) is 4.88. The molecular formula is C21H24N4O3.